The second-order valence-electron chi connectivity index (χ2n) is 5.44. The Kier molecular flexibility index (Phi) is 6.85. The van der Waals surface area contributed by atoms with E-state index >= 15 is 0 Å². The van der Waals surface area contributed by atoms with Crippen molar-refractivity contribution in [3.63, 3.8) is 0 Å². The average molecular weight is 426 g/mol. The van der Waals surface area contributed by atoms with E-state index in [0.717, 1.165) is 4.47 Å². The molecule has 2 rings (SSSR count). The summed E-state index contributed by atoms with van der Waals surface area (Å²) in [7, 11) is 4.44. The first-order chi connectivity index (χ1) is 12.5. The van der Waals surface area contributed by atoms with Gasteiger partial charge in [0, 0.05) is 23.1 Å². The zero-order valence-corrected chi connectivity index (χ0v) is 16.7. The molecule has 7 heteroatoms. The maximum absolute atomic E-state index is 14.1. The molecule has 0 radical (unpaired) electrons. The number of carbonyl (C=O) groups excluding carboxylic acids is 1. The lowest BCUT2D eigenvalue weighted by molar-refractivity contribution is 0.0747. The lowest BCUT2D eigenvalue weighted by Crippen LogP contribution is -2.31. The third-order valence-corrected chi connectivity index (χ3v) is 4.47. The molecule has 0 spiro atoms. The van der Waals surface area contributed by atoms with Gasteiger partial charge in [-0.2, -0.15) is 0 Å². The summed E-state index contributed by atoms with van der Waals surface area (Å²) in [5, 5.41) is 0. The highest BCUT2D eigenvalue weighted by Gasteiger charge is 2.24. The molecule has 0 N–H and O–H groups in total. The van der Waals surface area contributed by atoms with Crippen LogP contribution in [0, 0.1) is 5.82 Å². The van der Waals surface area contributed by atoms with Gasteiger partial charge in [-0.25, -0.2) is 4.39 Å². The van der Waals surface area contributed by atoms with Crippen LogP contribution in [-0.4, -0.2) is 38.7 Å². The lowest BCUT2D eigenvalue weighted by Gasteiger charge is -2.23. The Morgan fingerprint density at radius 3 is 2.35 bits per heavy atom. The minimum Gasteiger partial charge on any atom is -0.493 e. The SMILES string of the molecule is CCN(Cc1cc(Br)ccc1F)C(=O)c1ccc(OC)c(OC)c1OC. The summed E-state index contributed by atoms with van der Waals surface area (Å²) in [6.45, 7) is 2.38. The van der Waals surface area contributed by atoms with Crippen molar-refractivity contribution >= 4 is 21.8 Å². The molecule has 0 fully saturated rings. The molecule has 26 heavy (non-hydrogen) atoms. The van der Waals surface area contributed by atoms with Gasteiger partial charge in [-0.1, -0.05) is 15.9 Å². The summed E-state index contributed by atoms with van der Waals surface area (Å²) in [5.74, 6) is 0.431. The number of amides is 1. The van der Waals surface area contributed by atoms with Gasteiger partial charge in [-0.3, -0.25) is 4.79 Å². The van der Waals surface area contributed by atoms with Crippen molar-refractivity contribution in [1.82, 2.24) is 4.90 Å². The van der Waals surface area contributed by atoms with Crippen LogP contribution in [0.2, 0.25) is 0 Å². The van der Waals surface area contributed by atoms with Gasteiger partial charge in [-0.15, -0.1) is 0 Å². The van der Waals surface area contributed by atoms with Crippen LogP contribution in [0.4, 0.5) is 4.39 Å². The summed E-state index contributed by atoms with van der Waals surface area (Å²) >= 11 is 3.33. The van der Waals surface area contributed by atoms with Crippen molar-refractivity contribution in [3.8, 4) is 17.2 Å². The zero-order valence-electron chi connectivity index (χ0n) is 15.1. The Morgan fingerprint density at radius 2 is 1.77 bits per heavy atom. The van der Waals surface area contributed by atoms with E-state index in [9.17, 15) is 9.18 Å². The molecule has 0 atom stereocenters. The van der Waals surface area contributed by atoms with E-state index in [1.54, 1.807) is 24.3 Å². The van der Waals surface area contributed by atoms with Crippen LogP contribution in [0.5, 0.6) is 17.2 Å². The molecular weight excluding hydrogens is 405 g/mol. The zero-order chi connectivity index (χ0) is 19.3. The van der Waals surface area contributed by atoms with Gasteiger partial charge in [0.15, 0.2) is 11.5 Å². The minimum atomic E-state index is -0.362. The number of rotatable bonds is 7. The quantitative estimate of drug-likeness (QED) is 0.664. The summed E-state index contributed by atoms with van der Waals surface area (Å²) < 4.78 is 30.8. The van der Waals surface area contributed by atoms with Gasteiger partial charge in [0.1, 0.15) is 5.82 Å². The van der Waals surface area contributed by atoms with Gasteiger partial charge in [0.25, 0.3) is 5.91 Å². The van der Waals surface area contributed by atoms with E-state index in [1.807, 2.05) is 6.92 Å². The van der Waals surface area contributed by atoms with E-state index in [1.165, 1.54) is 32.3 Å². The maximum atomic E-state index is 14.1. The number of halogens is 2. The highest BCUT2D eigenvalue weighted by molar-refractivity contribution is 9.10. The molecular formula is C19H21BrFNO4. The number of hydrogen-bond donors (Lipinski definition) is 0. The molecule has 0 unspecified atom stereocenters. The first-order valence-corrected chi connectivity index (χ1v) is 8.78. The summed E-state index contributed by atoms with van der Waals surface area (Å²) in [4.78, 5) is 14.6. The Balaban J connectivity index is 2.40. The number of hydrogen-bond acceptors (Lipinski definition) is 4. The molecule has 2 aromatic rings. The van der Waals surface area contributed by atoms with Gasteiger partial charge in [0.2, 0.25) is 5.75 Å². The van der Waals surface area contributed by atoms with Crippen LogP contribution >= 0.6 is 15.9 Å². The first-order valence-electron chi connectivity index (χ1n) is 7.98. The fourth-order valence-corrected chi connectivity index (χ4v) is 3.05. The normalized spacial score (nSPS) is 10.4. The third-order valence-electron chi connectivity index (χ3n) is 3.97. The molecule has 140 valence electrons. The highest BCUT2D eigenvalue weighted by Crippen LogP contribution is 2.40. The van der Waals surface area contributed by atoms with Gasteiger partial charge in [0.05, 0.1) is 26.9 Å². The van der Waals surface area contributed by atoms with Crippen LogP contribution < -0.4 is 14.2 Å². The smallest absolute Gasteiger partial charge is 0.258 e. The van der Waals surface area contributed by atoms with Crippen LogP contribution in [-0.2, 0) is 6.54 Å². The van der Waals surface area contributed by atoms with Crippen molar-refractivity contribution in [1.29, 1.82) is 0 Å². The van der Waals surface area contributed by atoms with Crippen molar-refractivity contribution < 1.29 is 23.4 Å². The number of carbonyl (C=O) groups is 1. The summed E-state index contributed by atoms with van der Waals surface area (Å²) in [6.07, 6.45) is 0. The van der Waals surface area contributed by atoms with Gasteiger partial charge >= 0.3 is 0 Å². The number of benzene rings is 2. The molecule has 0 aliphatic rings. The van der Waals surface area contributed by atoms with Gasteiger partial charge < -0.3 is 19.1 Å². The van der Waals surface area contributed by atoms with Crippen LogP contribution in [0.1, 0.15) is 22.8 Å². The molecule has 0 heterocycles. The summed E-state index contributed by atoms with van der Waals surface area (Å²) in [6, 6.07) is 7.91. The largest absolute Gasteiger partial charge is 0.493 e. The fourth-order valence-electron chi connectivity index (χ4n) is 2.64. The minimum absolute atomic E-state index is 0.137. The van der Waals surface area contributed by atoms with Crippen molar-refractivity contribution in [2.24, 2.45) is 0 Å². The van der Waals surface area contributed by atoms with Crippen LogP contribution in [0.3, 0.4) is 0 Å². The van der Waals surface area contributed by atoms with Gasteiger partial charge in [-0.05, 0) is 37.3 Å². The molecule has 0 aliphatic carbocycles. The highest BCUT2D eigenvalue weighted by atomic mass is 79.9. The Hall–Kier alpha value is -2.28. The number of nitrogens with zero attached hydrogens (tertiary/aromatic N) is 1. The molecule has 0 saturated carbocycles. The molecule has 5 nitrogen and oxygen atoms in total. The molecule has 0 saturated heterocycles. The number of ether oxygens (including phenoxy) is 3. The van der Waals surface area contributed by atoms with E-state index in [2.05, 4.69) is 15.9 Å². The monoisotopic (exact) mass is 425 g/mol. The van der Waals surface area contributed by atoms with Crippen LogP contribution in [0.15, 0.2) is 34.8 Å². The second-order valence-corrected chi connectivity index (χ2v) is 6.35. The second kappa shape index (κ2) is 8.89. The van der Waals surface area contributed by atoms with E-state index in [0.29, 0.717) is 29.2 Å². The average Bonchev–Trinajstić information content (AvgIpc) is 2.66. The van der Waals surface area contributed by atoms with E-state index in [4.69, 9.17) is 14.2 Å². The predicted octanol–water partition coefficient (Wildman–Crippen LogP) is 4.28. The molecule has 0 aliphatic heterocycles. The topological polar surface area (TPSA) is 48.0 Å². The number of methoxy groups -OCH3 is 3. The predicted molar refractivity (Wildman–Crippen MR) is 101 cm³/mol. The Labute approximate surface area is 160 Å². The molecule has 0 bridgehead atoms. The Morgan fingerprint density at radius 1 is 1.08 bits per heavy atom. The lowest BCUT2D eigenvalue weighted by atomic mass is 10.1. The molecule has 0 aromatic heterocycles. The van der Waals surface area contributed by atoms with E-state index < -0.39 is 0 Å². The van der Waals surface area contributed by atoms with Crippen molar-refractivity contribution in [2.75, 3.05) is 27.9 Å². The molecule has 2 aromatic carbocycles. The molecule has 1 amide bonds. The summed E-state index contributed by atoms with van der Waals surface area (Å²) in [5.41, 5.74) is 0.747. The van der Waals surface area contributed by atoms with E-state index in [-0.39, 0.29) is 24.0 Å². The Bertz CT molecular complexity index is 797. The third kappa shape index (κ3) is 4.09. The fraction of sp³-hybridized carbons (Fsp3) is 0.316. The van der Waals surface area contributed by atoms with Crippen molar-refractivity contribution in [2.45, 2.75) is 13.5 Å². The maximum Gasteiger partial charge on any atom is 0.258 e. The van der Waals surface area contributed by atoms with Crippen molar-refractivity contribution in [3.05, 3.63) is 51.7 Å². The van der Waals surface area contributed by atoms with Crippen LogP contribution in [0.25, 0.3) is 0 Å². The standard InChI is InChI=1S/C19H21BrFNO4/c1-5-22(11-12-10-13(20)6-8-15(12)21)19(23)14-7-9-16(24-2)18(26-4)17(14)25-3/h6-10H,5,11H2,1-4H3. The first kappa shape index (κ1) is 20.0.